The van der Waals surface area contributed by atoms with Gasteiger partial charge in [-0.05, 0) is 37.6 Å². The van der Waals surface area contributed by atoms with Crippen LogP contribution in [0.3, 0.4) is 0 Å². The molecule has 1 heterocycles. The molecular weight excluding hydrogens is 358 g/mol. The van der Waals surface area contributed by atoms with E-state index in [0.29, 0.717) is 23.2 Å². The van der Waals surface area contributed by atoms with Gasteiger partial charge in [0.1, 0.15) is 11.5 Å². The molecule has 0 saturated carbocycles. The number of nitrogens with one attached hydrogen (secondary N) is 1. The number of thioether (sulfide) groups is 1. The normalized spacial score (nSPS) is 10.1. The number of hydrogen-bond acceptors (Lipinski definition) is 7. The van der Waals surface area contributed by atoms with E-state index in [9.17, 15) is 4.79 Å². The Labute approximate surface area is 155 Å². The van der Waals surface area contributed by atoms with Gasteiger partial charge >= 0.3 is 0 Å². The zero-order chi connectivity index (χ0) is 18.1. The Morgan fingerprint density at radius 3 is 2.64 bits per heavy atom. The highest BCUT2D eigenvalue weighted by Gasteiger charge is 2.11. The molecule has 132 valence electrons. The highest BCUT2D eigenvalue weighted by molar-refractivity contribution is 8.01. The van der Waals surface area contributed by atoms with E-state index in [1.807, 2.05) is 26.0 Å². The second-order valence-electron chi connectivity index (χ2n) is 5.00. The quantitative estimate of drug-likeness (QED) is 0.668. The minimum Gasteiger partial charge on any atom is -0.494 e. The van der Waals surface area contributed by atoms with E-state index >= 15 is 0 Å². The molecule has 0 aliphatic rings. The third-order valence-corrected chi connectivity index (χ3v) is 5.24. The first-order valence-corrected chi connectivity index (χ1v) is 9.55. The van der Waals surface area contributed by atoms with Crippen molar-refractivity contribution in [1.82, 2.24) is 4.98 Å². The number of carbonyl (C=O) groups excluding carboxylic acids is 1. The summed E-state index contributed by atoms with van der Waals surface area (Å²) in [6.45, 7) is 4.47. The van der Waals surface area contributed by atoms with E-state index in [2.05, 4.69) is 16.4 Å². The molecule has 1 amide bonds. The summed E-state index contributed by atoms with van der Waals surface area (Å²) in [5.74, 6) is 1.45. The van der Waals surface area contributed by atoms with Crippen LogP contribution in [0.15, 0.2) is 28.5 Å². The third-order valence-electron chi connectivity index (χ3n) is 2.93. The number of aryl methyl sites for hydroxylation is 1. The van der Waals surface area contributed by atoms with Crippen molar-refractivity contribution in [3.8, 4) is 17.6 Å². The number of amides is 1. The van der Waals surface area contributed by atoms with Crippen LogP contribution in [0.4, 0.5) is 5.13 Å². The van der Waals surface area contributed by atoms with E-state index in [1.54, 1.807) is 12.1 Å². The van der Waals surface area contributed by atoms with Crippen molar-refractivity contribution in [2.45, 2.75) is 24.5 Å². The van der Waals surface area contributed by atoms with Crippen molar-refractivity contribution in [3.05, 3.63) is 30.0 Å². The summed E-state index contributed by atoms with van der Waals surface area (Å²) in [6, 6.07) is 9.23. The molecule has 0 aliphatic heterocycles. The zero-order valence-corrected chi connectivity index (χ0v) is 15.7. The molecule has 8 heteroatoms. The predicted octanol–water partition coefficient (Wildman–Crippen LogP) is 3.87. The molecule has 0 fully saturated rings. The highest BCUT2D eigenvalue weighted by atomic mass is 32.2. The Balaban J connectivity index is 1.81. The van der Waals surface area contributed by atoms with E-state index in [-0.39, 0.29) is 12.5 Å². The number of ether oxygens (including phenoxy) is 2. The van der Waals surface area contributed by atoms with Crippen molar-refractivity contribution < 1.29 is 14.3 Å². The van der Waals surface area contributed by atoms with Gasteiger partial charge in [0.2, 0.25) is 0 Å². The van der Waals surface area contributed by atoms with Crippen molar-refractivity contribution in [2.24, 2.45) is 0 Å². The minimum atomic E-state index is -0.281. The van der Waals surface area contributed by atoms with Gasteiger partial charge in [0.15, 0.2) is 11.7 Å². The van der Waals surface area contributed by atoms with Crippen LogP contribution < -0.4 is 14.8 Å². The molecule has 2 rings (SSSR count). The summed E-state index contributed by atoms with van der Waals surface area (Å²) in [6.07, 6.45) is 0.950. The number of aromatic nitrogens is 1. The molecule has 1 aromatic carbocycles. The van der Waals surface area contributed by atoms with Gasteiger partial charge in [0.05, 0.1) is 28.3 Å². The Hall–Kier alpha value is -2.24. The molecule has 1 N–H and O–H groups in total. The number of rotatable bonds is 9. The van der Waals surface area contributed by atoms with Gasteiger partial charge in [-0.3, -0.25) is 10.1 Å². The minimum absolute atomic E-state index is 0.103. The topological polar surface area (TPSA) is 84.2 Å². The molecule has 1 aromatic heterocycles. The zero-order valence-electron chi connectivity index (χ0n) is 14.1. The lowest BCUT2D eigenvalue weighted by atomic mass is 10.3. The van der Waals surface area contributed by atoms with Gasteiger partial charge in [-0.25, -0.2) is 4.98 Å². The van der Waals surface area contributed by atoms with E-state index in [4.69, 9.17) is 14.7 Å². The molecule has 0 spiro atoms. The van der Waals surface area contributed by atoms with Crippen molar-refractivity contribution in [3.63, 3.8) is 0 Å². The summed E-state index contributed by atoms with van der Waals surface area (Å²) in [5, 5.41) is 11.8. The monoisotopic (exact) mass is 377 g/mol. The predicted molar refractivity (Wildman–Crippen MR) is 99.5 cm³/mol. The third kappa shape index (κ3) is 6.29. The van der Waals surface area contributed by atoms with Gasteiger partial charge in [-0.1, -0.05) is 30.0 Å². The smallest absolute Gasteiger partial charge is 0.264 e. The van der Waals surface area contributed by atoms with E-state index in [1.165, 1.54) is 23.1 Å². The SMILES string of the molecule is CCCOc1ccc(OCC(=O)Nc2nc(C)c(SCC#N)s2)cc1. The molecule has 0 atom stereocenters. The Kier molecular flexibility index (Phi) is 7.57. The van der Waals surface area contributed by atoms with Crippen molar-refractivity contribution in [1.29, 1.82) is 5.26 Å². The molecular formula is C17H19N3O3S2. The maximum absolute atomic E-state index is 12.0. The fourth-order valence-corrected chi connectivity index (χ4v) is 3.64. The molecule has 25 heavy (non-hydrogen) atoms. The highest BCUT2D eigenvalue weighted by Crippen LogP contribution is 2.31. The van der Waals surface area contributed by atoms with Crippen LogP contribution in [-0.4, -0.2) is 29.9 Å². The number of anilines is 1. The number of carbonyl (C=O) groups is 1. The standard InChI is InChI=1S/C17H19N3O3S2/c1-3-9-22-13-4-6-14(7-5-13)23-11-15(21)20-17-19-12(2)16(25-17)24-10-8-18/h4-7H,3,9-11H2,1-2H3,(H,19,20,21). The number of nitriles is 1. The second-order valence-corrected chi connectivity index (χ2v) is 7.24. The van der Waals surface area contributed by atoms with Crippen LogP contribution in [0.25, 0.3) is 0 Å². The number of benzene rings is 1. The Morgan fingerprint density at radius 1 is 1.32 bits per heavy atom. The van der Waals surface area contributed by atoms with Gasteiger partial charge < -0.3 is 9.47 Å². The number of hydrogen-bond donors (Lipinski definition) is 1. The van der Waals surface area contributed by atoms with Crippen molar-refractivity contribution >= 4 is 34.1 Å². The number of thiazole rings is 1. The number of nitrogens with zero attached hydrogens (tertiary/aromatic N) is 2. The molecule has 0 radical (unpaired) electrons. The molecule has 0 aliphatic carbocycles. The van der Waals surface area contributed by atoms with Gasteiger partial charge in [0, 0.05) is 0 Å². The lowest BCUT2D eigenvalue weighted by Crippen LogP contribution is -2.20. The largest absolute Gasteiger partial charge is 0.494 e. The van der Waals surface area contributed by atoms with Crippen LogP contribution >= 0.6 is 23.1 Å². The average molecular weight is 377 g/mol. The van der Waals surface area contributed by atoms with Gasteiger partial charge in [0.25, 0.3) is 5.91 Å². The summed E-state index contributed by atoms with van der Waals surface area (Å²) in [5.41, 5.74) is 0.809. The molecule has 0 unspecified atom stereocenters. The van der Waals surface area contributed by atoms with Crippen LogP contribution in [0.1, 0.15) is 19.0 Å². The summed E-state index contributed by atoms with van der Waals surface area (Å²) >= 11 is 2.77. The average Bonchev–Trinajstić information content (AvgIpc) is 2.96. The summed E-state index contributed by atoms with van der Waals surface area (Å²) < 4.78 is 11.9. The maximum atomic E-state index is 12.0. The van der Waals surface area contributed by atoms with E-state index in [0.717, 1.165) is 22.1 Å². The van der Waals surface area contributed by atoms with Crippen LogP contribution in [0, 0.1) is 18.3 Å². The van der Waals surface area contributed by atoms with Gasteiger partial charge in [-0.2, -0.15) is 5.26 Å². The second kappa shape index (κ2) is 9.91. The Morgan fingerprint density at radius 2 is 2.00 bits per heavy atom. The first-order valence-electron chi connectivity index (χ1n) is 7.75. The summed E-state index contributed by atoms with van der Waals surface area (Å²) in [7, 11) is 0. The molecule has 0 saturated heterocycles. The lowest BCUT2D eigenvalue weighted by molar-refractivity contribution is -0.118. The van der Waals surface area contributed by atoms with Crippen LogP contribution in [-0.2, 0) is 4.79 Å². The summed E-state index contributed by atoms with van der Waals surface area (Å²) in [4.78, 5) is 16.3. The fraction of sp³-hybridized carbons (Fsp3) is 0.353. The maximum Gasteiger partial charge on any atom is 0.264 e. The van der Waals surface area contributed by atoms with Gasteiger partial charge in [-0.15, -0.1) is 0 Å². The van der Waals surface area contributed by atoms with Crippen molar-refractivity contribution in [2.75, 3.05) is 24.3 Å². The molecule has 2 aromatic rings. The molecule has 0 bridgehead atoms. The fourth-order valence-electron chi connectivity index (χ4n) is 1.82. The van der Waals surface area contributed by atoms with Crippen LogP contribution in [0.2, 0.25) is 0 Å². The van der Waals surface area contributed by atoms with E-state index < -0.39 is 0 Å². The first kappa shape index (κ1) is 19.1. The lowest BCUT2D eigenvalue weighted by Gasteiger charge is -2.07. The first-order chi connectivity index (χ1) is 12.1. The van der Waals surface area contributed by atoms with Crippen LogP contribution in [0.5, 0.6) is 11.5 Å². The molecule has 6 nitrogen and oxygen atoms in total. The Bertz CT molecular complexity index is 739.